The lowest BCUT2D eigenvalue weighted by Gasteiger charge is -2.08. The average Bonchev–Trinajstić information content (AvgIpc) is 2.85. The highest BCUT2D eigenvalue weighted by Gasteiger charge is 2.11. The van der Waals surface area contributed by atoms with E-state index >= 15 is 0 Å². The van der Waals surface area contributed by atoms with E-state index in [0.29, 0.717) is 6.54 Å². The van der Waals surface area contributed by atoms with E-state index in [1.165, 1.54) is 0 Å². The summed E-state index contributed by atoms with van der Waals surface area (Å²) in [7, 11) is -3.38. The second kappa shape index (κ2) is 6.73. The van der Waals surface area contributed by atoms with Crippen molar-refractivity contribution in [3.8, 4) is 0 Å². The van der Waals surface area contributed by atoms with Crippen LogP contribution in [-0.4, -0.2) is 31.3 Å². The summed E-state index contributed by atoms with van der Waals surface area (Å²) >= 11 is 0. The molecule has 0 atom stereocenters. The van der Waals surface area contributed by atoms with Crippen LogP contribution in [0.1, 0.15) is 12.5 Å². The SMILES string of the molecule is CCNS(=O)(=O)c1ccc(NCCn2cc(C)cn2)cc1. The predicted molar refractivity (Wildman–Crippen MR) is 82.8 cm³/mol. The molecule has 6 nitrogen and oxygen atoms in total. The summed E-state index contributed by atoms with van der Waals surface area (Å²) in [5, 5.41) is 7.44. The van der Waals surface area contributed by atoms with Crippen LogP contribution >= 0.6 is 0 Å². The van der Waals surface area contributed by atoms with Gasteiger partial charge in [0, 0.05) is 25.0 Å². The normalized spacial score (nSPS) is 11.5. The molecule has 0 saturated carbocycles. The van der Waals surface area contributed by atoms with Crippen molar-refractivity contribution in [2.24, 2.45) is 0 Å². The number of sulfonamides is 1. The van der Waals surface area contributed by atoms with Gasteiger partial charge in [-0.15, -0.1) is 0 Å². The quantitative estimate of drug-likeness (QED) is 0.814. The lowest BCUT2D eigenvalue weighted by molar-refractivity contribution is 0.584. The van der Waals surface area contributed by atoms with Gasteiger partial charge in [0.25, 0.3) is 0 Å². The van der Waals surface area contributed by atoms with Crippen LogP contribution in [0.2, 0.25) is 0 Å². The Hall–Kier alpha value is -1.86. The average molecular weight is 308 g/mol. The number of hydrogen-bond donors (Lipinski definition) is 2. The molecule has 0 radical (unpaired) electrons. The fourth-order valence-electron chi connectivity index (χ4n) is 1.93. The summed E-state index contributed by atoms with van der Waals surface area (Å²) < 4.78 is 27.9. The molecule has 0 bridgehead atoms. The second-order valence-corrected chi connectivity index (χ2v) is 6.50. The molecular formula is C14H20N4O2S. The van der Waals surface area contributed by atoms with Crippen molar-refractivity contribution >= 4 is 15.7 Å². The van der Waals surface area contributed by atoms with Crippen LogP contribution in [0, 0.1) is 6.92 Å². The highest BCUT2D eigenvalue weighted by Crippen LogP contribution is 2.13. The van der Waals surface area contributed by atoms with Gasteiger partial charge in [0.15, 0.2) is 0 Å². The molecule has 0 aliphatic rings. The third-order valence-corrected chi connectivity index (χ3v) is 4.49. The zero-order chi connectivity index (χ0) is 15.3. The fraction of sp³-hybridized carbons (Fsp3) is 0.357. The fourth-order valence-corrected chi connectivity index (χ4v) is 2.97. The van der Waals surface area contributed by atoms with Crippen molar-refractivity contribution in [2.45, 2.75) is 25.3 Å². The molecule has 2 rings (SSSR count). The molecule has 0 saturated heterocycles. The summed E-state index contributed by atoms with van der Waals surface area (Å²) in [6.07, 6.45) is 3.80. The van der Waals surface area contributed by atoms with Crippen molar-refractivity contribution in [1.29, 1.82) is 0 Å². The van der Waals surface area contributed by atoms with Crippen molar-refractivity contribution in [1.82, 2.24) is 14.5 Å². The molecule has 2 aromatic rings. The van der Waals surface area contributed by atoms with Gasteiger partial charge in [-0.3, -0.25) is 4.68 Å². The largest absolute Gasteiger partial charge is 0.383 e. The van der Waals surface area contributed by atoms with Gasteiger partial charge in [-0.2, -0.15) is 5.10 Å². The summed E-state index contributed by atoms with van der Waals surface area (Å²) in [4.78, 5) is 0.276. The number of nitrogens with one attached hydrogen (secondary N) is 2. The number of benzene rings is 1. The molecular weight excluding hydrogens is 288 g/mol. The van der Waals surface area contributed by atoms with Gasteiger partial charge in [-0.25, -0.2) is 13.1 Å². The van der Waals surface area contributed by atoms with Crippen LogP contribution in [0.3, 0.4) is 0 Å². The van der Waals surface area contributed by atoms with E-state index in [9.17, 15) is 8.42 Å². The minimum absolute atomic E-state index is 0.276. The number of rotatable bonds is 7. The Morgan fingerprint density at radius 3 is 2.52 bits per heavy atom. The van der Waals surface area contributed by atoms with E-state index in [-0.39, 0.29) is 4.90 Å². The lowest BCUT2D eigenvalue weighted by atomic mass is 10.3. The van der Waals surface area contributed by atoms with Crippen LogP contribution in [0.25, 0.3) is 0 Å². The van der Waals surface area contributed by atoms with E-state index in [0.717, 1.165) is 24.3 Å². The number of hydrogen-bond acceptors (Lipinski definition) is 4. The molecule has 2 N–H and O–H groups in total. The van der Waals surface area contributed by atoms with Gasteiger partial charge in [0.2, 0.25) is 10.0 Å². The number of aromatic nitrogens is 2. The van der Waals surface area contributed by atoms with E-state index in [4.69, 9.17) is 0 Å². The second-order valence-electron chi connectivity index (χ2n) is 4.73. The van der Waals surface area contributed by atoms with Crippen LogP contribution in [0.5, 0.6) is 0 Å². The Balaban J connectivity index is 1.90. The van der Waals surface area contributed by atoms with Gasteiger partial charge in [-0.05, 0) is 36.8 Å². The Labute approximate surface area is 125 Å². The third kappa shape index (κ3) is 4.30. The molecule has 0 unspecified atom stereocenters. The van der Waals surface area contributed by atoms with Crippen molar-refractivity contribution in [3.05, 3.63) is 42.2 Å². The van der Waals surface area contributed by atoms with Gasteiger partial charge >= 0.3 is 0 Å². The predicted octanol–water partition coefficient (Wildman–Crippen LogP) is 1.60. The lowest BCUT2D eigenvalue weighted by Crippen LogP contribution is -2.23. The van der Waals surface area contributed by atoms with E-state index in [2.05, 4.69) is 15.1 Å². The first-order valence-corrected chi connectivity index (χ1v) is 8.32. The van der Waals surface area contributed by atoms with Crippen LogP contribution in [0.4, 0.5) is 5.69 Å². The summed E-state index contributed by atoms with van der Waals surface area (Å²) in [6.45, 7) is 5.61. The molecule has 0 amide bonds. The summed E-state index contributed by atoms with van der Waals surface area (Å²) in [6, 6.07) is 6.72. The van der Waals surface area contributed by atoms with Crippen LogP contribution < -0.4 is 10.0 Å². The monoisotopic (exact) mass is 308 g/mol. The Kier molecular flexibility index (Phi) is 4.98. The van der Waals surface area contributed by atoms with E-state index < -0.39 is 10.0 Å². The van der Waals surface area contributed by atoms with Gasteiger partial charge < -0.3 is 5.32 Å². The molecule has 0 aliphatic carbocycles. The minimum atomic E-state index is -3.38. The molecule has 7 heteroatoms. The molecule has 0 aliphatic heterocycles. The number of nitrogens with zero attached hydrogens (tertiary/aromatic N) is 2. The highest BCUT2D eigenvalue weighted by molar-refractivity contribution is 7.89. The maximum absolute atomic E-state index is 11.8. The highest BCUT2D eigenvalue weighted by atomic mass is 32.2. The summed E-state index contributed by atoms with van der Waals surface area (Å²) in [5.41, 5.74) is 2.02. The number of anilines is 1. The first-order chi connectivity index (χ1) is 10.0. The molecule has 114 valence electrons. The Morgan fingerprint density at radius 2 is 1.95 bits per heavy atom. The van der Waals surface area contributed by atoms with Crippen LogP contribution in [-0.2, 0) is 16.6 Å². The third-order valence-electron chi connectivity index (χ3n) is 2.93. The van der Waals surface area contributed by atoms with Crippen LogP contribution in [0.15, 0.2) is 41.6 Å². The van der Waals surface area contributed by atoms with Crippen molar-refractivity contribution in [3.63, 3.8) is 0 Å². The van der Waals surface area contributed by atoms with Gasteiger partial charge in [0.1, 0.15) is 0 Å². The molecule has 0 spiro atoms. The molecule has 1 heterocycles. The topological polar surface area (TPSA) is 76.0 Å². The Morgan fingerprint density at radius 1 is 1.24 bits per heavy atom. The smallest absolute Gasteiger partial charge is 0.240 e. The summed E-state index contributed by atoms with van der Waals surface area (Å²) in [5.74, 6) is 0. The van der Waals surface area contributed by atoms with E-state index in [1.54, 1.807) is 31.2 Å². The van der Waals surface area contributed by atoms with Crippen molar-refractivity contribution in [2.75, 3.05) is 18.4 Å². The maximum Gasteiger partial charge on any atom is 0.240 e. The zero-order valence-electron chi connectivity index (χ0n) is 12.2. The first kappa shape index (κ1) is 15.5. The number of aryl methyl sites for hydroxylation is 1. The zero-order valence-corrected chi connectivity index (χ0v) is 13.0. The standard InChI is InChI=1S/C14H20N4O2S/c1-3-17-21(19,20)14-6-4-13(5-7-14)15-8-9-18-11-12(2)10-16-18/h4-7,10-11,15,17H,3,8-9H2,1-2H3. The maximum atomic E-state index is 11.8. The molecule has 1 aromatic heterocycles. The molecule has 0 fully saturated rings. The van der Waals surface area contributed by atoms with Gasteiger partial charge in [-0.1, -0.05) is 6.92 Å². The molecule has 21 heavy (non-hydrogen) atoms. The Bertz CT molecular complexity index is 677. The minimum Gasteiger partial charge on any atom is -0.383 e. The van der Waals surface area contributed by atoms with Gasteiger partial charge in [0.05, 0.1) is 17.6 Å². The van der Waals surface area contributed by atoms with E-state index in [1.807, 2.05) is 24.0 Å². The first-order valence-electron chi connectivity index (χ1n) is 6.84. The van der Waals surface area contributed by atoms with Crippen molar-refractivity contribution < 1.29 is 8.42 Å². The molecule has 1 aromatic carbocycles.